The van der Waals surface area contributed by atoms with Gasteiger partial charge in [0.25, 0.3) is 0 Å². The van der Waals surface area contributed by atoms with Gasteiger partial charge in [0.2, 0.25) is 0 Å². The minimum absolute atomic E-state index is 0.803. The first-order valence-electron chi connectivity index (χ1n) is 7.20. The molecule has 0 spiro atoms. The minimum atomic E-state index is 0.803. The van der Waals surface area contributed by atoms with Gasteiger partial charge in [0.1, 0.15) is 0 Å². The molecule has 0 amide bonds. The van der Waals surface area contributed by atoms with Gasteiger partial charge in [-0.1, -0.05) is 12.5 Å². The monoisotopic (exact) mass is 245 g/mol. The summed E-state index contributed by atoms with van der Waals surface area (Å²) in [6.45, 7) is 8.09. The third-order valence-corrected chi connectivity index (χ3v) is 4.25. The summed E-state index contributed by atoms with van der Waals surface area (Å²) in [4.78, 5) is 9.88. The lowest BCUT2D eigenvalue weighted by atomic mass is 9.99. The number of nitrogens with zero attached hydrogens (tertiary/aromatic N) is 3. The number of aryl methyl sites for hydroxylation is 1. The van der Waals surface area contributed by atoms with Crippen molar-refractivity contribution in [3.63, 3.8) is 0 Å². The molecule has 0 aromatic carbocycles. The Hall–Kier alpha value is -0.930. The standard InChI is InChI=1S/C15H23N3/c1-13-5-4-6-14(16-13)11-17-9-10-18-8-3-2-7-15(18)12-17/h4-6,15H,2-3,7-12H2,1H3. The summed E-state index contributed by atoms with van der Waals surface area (Å²) in [5.74, 6) is 0. The third-order valence-electron chi connectivity index (χ3n) is 4.25. The van der Waals surface area contributed by atoms with Crippen LogP contribution in [0.25, 0.3) is 0 Å². The smallest absolute Gasteiger partial charge is 0.0547 e. The number of piperazine rings is 1. The predicted molar refractivity (Wildman–Crippen MR) is 73.5 cm³/mol. The number of hydrogen-bond donors (Lipinski definition) is 0. The summed E-state index contributed by atoms with van der Waals surface area (Å²) in [6.07, 6.45) is 4.20. The van der Waals surface area contributed by atoms with Crippen LogP contribution in [0.2, 0.25) is 0 Å². The summed E-state index contributed by atoms with van der Waals surface area (Å²) in [5, 5.41) is 0. The van der Waals surface area contributed by atoms with Gasteiger partial charge in [-0.2, -0.15) is 0 Å². The minimum Gasteiger partial charge on any atom is -0.298 e. The highest BCUT2D eigenvalue weighted by Gasteiger charge is 2.28. The largest absolute Gasteiger partial charge is 0.298 e. The number of hydrogen-bond acceptors (Lipinski definition) is 3. The molecule has 3 heteroatoms. The molecule has 0 aliphatic carbocycles. The van der Waals surface area contributed by atoms with Crippen LogP contribution in [-0.4, -0.2) is 47.0 Å². The van der Waals surface area contributed by atoms with Crippen molar-refractivity contribution in [2.75, 3.05) is 26.2 Å². The highest BCUT2D eigenvalue weighted by Crippen LogP contribution is 2.21. The maximum Gasteiger partial charge on any atom is 0.0547 e. The van der Waals surface area contributed by atoms with Gasteiger partial charge in [0.05, 0.1) is 5.69 Å². The fourth-order valence-corrected chi connectivity index (χ4v) is 3.28. The van der Waals surface area contributed by atoms with E-state index in [1.165, 1.54) is 51.1 Å². The van der Waals surface area contributed by atoms with Gasteiger partial charge in [-0.15, -0.1) is 0 Å². The van der Waals surface area contributed by atoms with Crippen molar-refractivity contribution in [1.82, 2.24) is 14.8 Å². The van der Waals surface area contributed by atoms with Crippen molar-refractivity contribution >= 4 is 0 Å². The first kappa shape index (κ1) is 12.1. The summed E-state index contributed by atoms with van der Waals surface area (Å²) in [7, 11) is 0. The molecule has 1 aromatic heterocycles. The van der Waals surface area contributed by atoms with Crippen molar-refractivity contribution in [2.45, 2.75) is 38.8 Å². The first-order chi connectivity index (χ1) is 8.81. The van der Waals surface area contributed by atoms with Crippen LogP contribution in [0.3, 0.4) is 0 Å². The van der Waals surface area contributed by atoms with E-state index < -0.39 is 0 Å². The molecule has 0 bridgehead atoms. The first-order valence-corrected chi connectivity index (χ1v) is 7.20. The number of aromatic nitrogens is 1. The van der Waals surface area contributed by atoms with Gasteiger partial charge in [0, 0.05) is 37.9 Å². The number of fused-ring (bicyclic) bond motifs is 1. The average Bonchev–Trinajstić information content (AvgIpc) is 2.39. The van der Waals surface area contributed by atoms with Crippen molar-refractivity contribution < 1.29 is 0 Å². The molecule has 1 unspecified atom stereocenters. The Morgan fingerprint density at radius 3 is 3.06 bits per heavy atom. The van der Waals surface area contributed by atoms with Gasteiger partial charge in [0.15, 0.2) is 0 Å². The Kier molecular flexibility index (Phi) is 3.62. The fraction of sp³-hybridized carbons (Fsp3) is 0.667. The van der Waals surface area contributed by atoms with E-state index in [1.807, 2.05) is 0 Å². The van der Waals surface area contributed by atoms with E-state index in [1.54, 1.807) is 0 Å². The van der Waals surface area contributed by atoms with E-state index in [0.717, 1.165) is 18.3 Å². The Morgan fingerprint density at radius 2 is 2.17 bits per heavy atom. The zero-order valence-corrected chi connectivity index (χ0v) is 11.3. The van der Waals surface area contributed by atoms with Crippen LogP contribution in [-0.2, 0) is 6.54 Å². The average molecular weight is 245 g/mol. The molecular formula is C15H23N3. The van der Waals surface area contributed by atoms with Crippen LogP contribution < -0.4 is 0 Å². The zero-order valence-electron chi connectivity index (χ0n) is 11.3. The van der Waals surface area contributed by atoms with Gasteiger partial charge in [-0.05, 0) is 38.4 Å². The summed E-state index contributed by atoms with van der Waals surface area (Å²) in [6, 6.07) is 7.15. The van der Waals surface area contributed by atoms with E-state index in [4.69, 9.17) is 0 Å². The number of rotatable bonds is 2. The fourth-order valence-electron chi connectivity index (χ4n) is 3.28. The molecule has 3 nitrogen and oxygen atoms in total. The molecule has 1 atom stereocenters. The quantitative estimate of drug-likeness (QED) is 0.795. The summed E-state index contributed by atoms with van der Waals surface area (Å²) in [5.41, 5.74) is 2.35. The van der Waals surface area contributed by atoms with Crippen LogP contribution in [0.15, 0.2) is 18.2 Å². The van der Waals surface area contributed by atoms with Crippen LogP contribution in [0, 0.1) is 6.92 Å². The lowest BCUT2D eigenvalue weighted by molar-refractivity contribution is 0.0451. The van der Waals surface area contributed by atoms with Crippen LogP contribution in [0.5, 0.6) is 0 Å². The van der Waals surface area contributed by atoms with Crippen molar-refractivity contribution in [2.24, 2.45) is 0 Å². The van der Waals surface area contributed by atoms with Gasteiger partial charge < -0.3 is 0 Å². The molecule has 2 aliphatic rings. The van der Waals surface area contributed by atoms with Crippen LogP contribution in [0.1, 0.15) is 30.7 Å². The third kappa shape index (κ3) is 2.73. The number of piperidine rings is 1. The molecule has 3 heterocycles. The zero-order chi connectivity index (χ0) is 12.4. The molecule has 2 aliphatic heterocycles. The molecule has 0 radical (unpaired) electrons. The van der Waals surface area contributed by atoms with Crippen molar-refractivity contribution in [3.8, 4) is 0 Å². The molecule has 98 valence electrons. The highest BCUT2D eigenvalue weighted by atomic mass is 15.3. The van der Waals surface area contributed by atoms with Crippen molar-refractivity contribution in [1.29, 1.82) is 0 Å². The number of pyridine rings is 1. The summed E-state index contributed by atoms with van der Waals surface area (Å²) < 4.78 is 0. The molecular weight excluding hydrogens is 222 g/mol. The molecule has 18 heavy (non-hydrogen) atoms. The predicted octanol–water partition coefficient (Wildman–Crippen LogP) is 2.06. The lowest BCUT2D eigenvalue weighted by Crippen LogP contribution is -2.54. The van der Waals surface area contributed by atoms with E-state index >= 15 is 0 Å². The molecule has 3 rings (SSSR count). The second-order valence-corrected chi connectivity index (χ2v) is 5.69. The lowest BCUT2D eigenvalue weighted by Gasteiger charge is -2.44. The van der Waals surface area contributed by atoms with E-state index in [9.17, 15) is 0 Å². The van der Waals surface area contributed by atoms with Crippen LogP contribution in [0.4, 0.5) is 0 Å². The second-order valence-electron chi connectivity index (χ2n) is 5.69. The maximum absolute atomic E-state index is 4.62. The Bertz CT molecular complexity index is 404. The Morgan fingerprint density at radius 1 is 1.22 bits per heavy atom. The van der Waals surface area contributed by atoms with Gasteiger partial charge in [-0.3, -0.25) is 14.8 Å². The SMILES string of the molecule is Cc1cccc(CN2CCN3CCCCC3C2)n1. The Labute approximate surface area is 110 Å². The normalized spacial score (nSPS) is 25.9. The molecule has 1 aromatic rings. The summed E-state index contributed by atoms with van der Waals surface area (Å²) >= 11 is 0. The Balaban J connectivity index is 1.61. The molecule has 2 saturated heterocycles. The molecule has 2 fully saturated rings. The topological polar surface area (TPSA) is 19.4 Å². The second kappa shape index (κ2) is 5.37. The maximum atomic E-state index is 4.62. The van der Waals surface area contributed by atoms with Gasteiger partial charge in [-0.25, -0.2) is 0 Å². The van der Waals surface area contributed by atoms with E-state index in [0.29, 0.717) is 0 Å². The van der Waals surface area contributed by atoms with E-state index in [-0.39, 0.29) is 0 Å². The molecule has 0 saturated carbocycles. The van der Waals surface area contributed by atoms with Crippen molar-refractivity contribution in [3.05, 3.63) is 29.6 Å². The van der Waals surface area contributed by atoms with Gasteiger partial charge >= 0.3 is 0 Å². The highest BCUT2D eigenvalue weighted by molar-refractivity contribution is 5.10. The van der Waals surface area contributed by atoms with E-state index in [2.05, 4.69) is 39.9 Å². The van der Waals surface area contributed by atoms with Crippen LogP contribution >= 0.6 is 0 Å². The molecule has 0 N–H and O–H groups in total.